The maximum absolute atomic E-state index is 13.7. The summed E-state index contributed by atoms with van der Waals surface area (Å²) in [4.78, 5) is 66.3. The van der Waals surface area contributed by atoms with E-state index in [4.69, 9.17) is 37.9 Å². The Bertz CT molecular complexity index is 1920. The first-order valence-corrected chi connectivity index (χ1v) is 17.4. The molecule has 9 atom stereocenters. The molecule has 2 heterocycles. The van der Waals surface area contributed by atoms with Gasteiger partial charge in [-0.1, -0.05) is 72.8 Å². The van der Waals surface area contributed by atoms with Gasteiger partial charge < -0.3 is 43.0 Å². The van der Waals surface area contributed by atoms with Crippen LogP contribution >= 0.6 is 0 Å². The molecule has 0 unspecified atom stereocenters. The lowest BCUT2D eigenvalue weighted by atomic mass is 9.97. The minimum Gasteiger partial charge on any atom is -0.453 e. The van der Waals surface area contributed by atoms with E-state index in [1.807, 2.05) is 0 Å². The first-order chi connectivity index (χ1) is 26.6. The number of rotatable bonds is 11. The fourth-order valence-corrected chi connectivity index (χ4v) is 6.07. The van der Waals surface area contributed by atoms with Crippen LogP contribution in [0.2, 0.25) is 0 Å². The van der Waals surface area contributed by atoms with Gasteiger partial charge in [-0.25, -0.2) is 19.2 Å². The van der Waals surface area contributed by atoms with E-state index in [1.165, 1.54) is 55.5 Å². The summed E-state index contributed by atoms with van der Waals surface area (Å²) in [5, 5.41) is 10.7. The zero-order chi connectivity index (χ0) is 38.9. The zero-order valence-electron chi connectivity index (χ0n) is 29.7. The highest BCUT2D eigenvalue weighted by Crippen LogP contribution is 2.34. The molecule has 6 rings (SSSR count). The van der Waals surface area contributed by atoms with E-state index in [1.54, 1.807) is 72.8 Å². The van der Waals surface area contributed by atoms with Gasteiger partial charge in [0.05, 0.1) is 35.0 Å². The minimum atomic E-state index is -1.73. The fourth-order valence-electron chi connectivity index (χ4n) is 6.07. The Hall–Kier alpha value is -5.93. The number of esters is 5. The molecule has 2 saturated heterocycles. The number of ether oxygens (including phenoxy) is 8. The monoisotopic (exact) mass is 754 g/mol. The average molecular weight is 755 g/mol. The second-order valence-electron chi connectivity index (χ2n) is 12.6. The molecule has 1 N–H and O–H groups in total. The van der Waals surface area contributed by atoms with Crippen molar-refractivity contribution in [2.24, 2.45) is 0 Å². The maximum Gasteiger partial charge on any atom is 0.338 e. The first kappa shape index (κ1) is 38.8. The molecule has 0 aromatic heterocycles. The first-order valence-electron chi connectivity index (χ1n) is 17.4. The lowest BCUT2D eigenvalue weighted by Gasteiger charge is -2.46. The SMILES string of the molecule is CC(=O)O[C@@H]1[C@@H](OC(=O)c2ccccc2)[C@@H](O[C@@H]2O[C@H](C)[C@H](OC(=O)c3ccccc3)[C@H](OC(=O)c3ccccc3)[C@H]2OC(=O)c2ccccc2)CO[C@@H]1O. The van der Waals surface area contributed by atoms with Crippen LogP contribution in [0.25, 0.3) is 0 Å². The lowest BCUT2D eigenvalue weighted by Crippen LogP contribution is -2.64. The quantitative estimate of drug-likeness (QED) is 0.169. The Morgan fingerprint density at radius 2 is 0.909 bits per heavy atom. The number of hydrogen-bond acceptors (Lipinski definition) is 14. The summed E-state index contributed by atoms with van der Waals surface area (Å²) < 4.78 is 47.2. The highest BCUT2D eigenvalue weighted by Gasteiger charge is 2.55. The average Bonchev–Trinajstić information content (AvgIpc) is 3.20. The van der Waals surface area contributed by atoms with Crippen molar-refractivity contribution in [1.29, 1.82) is 0 Å². The number of carbonyl (C=O) groups is 5. The molecule has 2 aliphatic heterocycles. The summed E-state index contributed by atoms with van der Waals surface area (Å²) in [5.41, 5.74) is 0.611. The van der Waals surface area contributed by atoms with Crippen molar-refractivity contribution in [2.45, 2.75) is 69.2 Å². The van der Waals surface area contributed by atoms with E-state index < -0.39 is 91.8 Å². The molecule has 2 aliphatic rings. The van der Waals surface area contributed by atoms with Gasteiger partial charge in [-0.3, -0.25) is 4.79 Å². The van der Waals surface area contributed by atoms with Crippen LogP contribution in [0.3, 0.4) is 0 Å². The second kappa shape index (κ2) is 17.9. The molecule has 4 aromatic rings. The van der Waals surface area contributed by atoms with Gasteiger partial charge in [0.1, 0.15) is 6.10 Å². The third-order valence-electron chi connectivity index (χ3n) is 8.75. The predicted molar refractivity (Wildman–Crippen MR) is 189 cm³/mol. The highest BCUT2D eigenvalue weighted by molar-refractivity contribution is 5.91. The van der Waals surface area contributed by atoms with E-state index in [0.717, 1.165) is 6.92 Å². The van der Waals surface area contributed by atoms with Crippen LogP contribution in [0.5, 0.6) is 0 Å². The lowest BCUT2D eigenvalue weighted by molar-refractivity contribution is -0.334. The second-order valence-corrected chi connectivity index (χ2v) is 12.6. The van der Waals surface area contributed by atoms with Crippen molar-refractivity contribution >= 4 is 29.8 Å². The smallest absolute Gasteiger partial charge is 0.338 e. The van der Waals surface area contributed by atoms with Gasteiger partial charge in [-0.05, 0) is 55.5 Å². The molecule has 14 heteroatoms. The number of benzene rings is 4. The van der Waals surface area contributed by atoms with E-state index in [2.05, 4.69) is 0 Å². The van der Waals surface area contributed by atoms with Crippen LogP contribution in [0.4, 0.5) is 0 Å². The van der Waals surface area contributed by atoms with Crippen molar-refractivity contribution in [3.8, 4) is 0 Å². The van der Waals surface area contributed by atoms with Gasteiger partial charge in [0.2, 0.25) is 0 Å². The standard InChI is InChI=1S/C41H38O14/c1-24-31(52-36(43)26-15-7-3-8-16-26)33(54-38(45)28-19-11-5-12-20-28)35(55-39(46)29-21-13-6-14-22-29)41(49-24)51-30-23-48-40(47)34(50-25(2)42)32(30)53-37(44)27-17-9-4-10-18-27/h3-22,24,30-35,40-41,47H,23H2,1-2H3/t24-,30+,31+,32+,33+,34-,35-,40+,41+/m1/s1. The number of aliphatic hydroxyl groups is 1. The number of hydrogen-bond donors (Lipinski definition) is 1. The normalized spacial score (nSPS) is 26.1. The topological polar surface area (TPSA) is 179 Å². The summed E-state index contributed by atoms with van der Waals surface area (Å²) in [6.45, 7) is 2.20. The van der Waals surface area contributed by atoms with Gasteiger partial charge in [0.15, 0.2) is 43.1 Å². The Labute approximate surface area is 315 Å². The van der Waals surface area contributed by atoms with Crippen LogP contribution in [0.15, 0.2) is 121 Å². The van der Waals surface area contributed by atoms with E-state index in [9.17, 15) is 29.1 Å². The third kappa shape index (κ3) is 9.60. The molecule has 0 radical (unpaired) electrons. The van der Waals surface area contributed by atoms with E-state index >= 15 is 0 Å². The molecule has 55 heavy (non-hydrogen) atoms. The van der Waals surface area contributed by atoms with Crippen molar-refractivity contribution in [3.63, 3.8) is 0 Å². The van der Waals surface area contributed by atoms with Gasteiger partial charge in [-0.2, -0.15) is 0 Å². The van der Waals surface area contributed by atoms with Crippen LogP contribution < -0.4 is 0 Å². The third-order valence-corrected chi connectivity index (χ3v) is 8.75. The molecule has 2 fully saturated rings. The Balaban J connectivity index is 1.38. The Kier molecular flexibility index (Phi) is 12.6. The summed E-state index contributed by atoms with van der Waals surface area (Å²) >= 11 is 0. The van der Waals surface area contributed by atoms with E-state index in [0.29, 0.717) is 0 Å². The van der Waals surface area contributed by atoms with Crippen LogP contribution in [-0.2, 0) is 42.7 Å². The highest BCUT2D eigenvalue weighted by atomic mass is 16.8. The van der Waals surface area contributed by atoms with Gasteiger partial charge in [0, 0.05) is 6.92 Å². The number of carbonyl (C=O) groups excluding carboxylic acids is 5. The molecule has 14 nitrogen and oxygen atoms in total. The van der Waals surface area contributed by atoms with Gasteiger partial charge in [-0.15, -0.1) is 0 Å². The van der Waals surface area contributed by atoms with E-state index in [-0.39, 0.29) is 22.3 Å². The Morgan fingerprint density at radius 1 is 0.527 bits per heavy atom. The Morgan fingerprint density at radius 3 is 1.33 bits per heavy atom. The van der Waals surface area contributed by atoms with Crippen molar-refractivity contribution < 1.29 is 67.0 Å². The molecule has 0 spiro atoms. The summed E-state index contributed by atoms with van der Waals surface area (Å²) in [5.74, 6) is -4.14. The zero-order valence-corrected chi connectivity index (χ0v) is 29.7. The maximum atomic E-state index is 13.7. The molecule has 0 amide bonds. The number of aliphatic hydroxyl groups excluding tert-OH is 1. The van der Waals surface area contributed by atoms with Crippen LogP contribution in [0.1, 0.15) is 55.3 Å². The minimum absolute atomic E-state index is 0.125. The molecule has 0 aliphatic carbocycles. The predicted octanol–water partition coefficient (Wildman–Crippen LogP) is 4.30. The van der Waals surface area contributed by atoms with Crippen molar-refractivity contribution in [2.75, 3.05) is 6.61 Å². The molecule has 0 saturated carbocycles. The van der Waals surface area contributed by atoms with Crippen molar-refractivity contribution in [3.05, 3.63) is 144 Å². The molecule has 0 bridgehead atoms. The van der Waals surface area contributed by atoms with Gasteiger partial charge in [0.25, 0.3) is 0 Å². The summed E-state index contributed by atoms with van der Waals surface area (Å²) in [7, 11) is 0. The van der Waals surface area contributed by atoms with Crippen LogP contribution in [0, 0.1) is 0 Å². The molecular weight excluding hydrogens is 716 g/mol. The largest absolute Gasteiger partial charge is 0.453 e. The molecule has 4 aromatic carbocycles. The fraction of sp³-hybridized carbons (Fsp3) is 0.293. The summed E-state index contributed by atoms with van der Waals surface area (Å²) in [6, 6.07) is 32.0. The van der Waals surface area contributed by atoms with Crippen LogP contribution in [-0.4, -0.2) is 96.9 Å². The van der Waals surface area contributed by atoms with Crippen molar-refractivity contribution in [1.82, 2.24) is 0 Å². The molecule has 286 valence electrons. The summed E-state index contributed by atoms with van der Waals surface area (Å²) in [6.07, 6.45) is -13.4. The molecular formula is C41H38O14. The van der Waals surface area contributed by atoms with Gasteiger partial charge >= 0.3 is 29.8 Å².